The molecule has 1 aromatic rings. The summed E-state index contributed by atoms with van der Waals surface area (Å²) in [5.74, 6) is -3.44. The molecule has 0 atom stereocenters. The molecule has 0 spiro atoms. The van der Waals surface area contributed by atoms with E-state index in [-0.39, 0.29) is 5.56 Å². The fraction of sp³-hybridized carbons (Fsp3) is 0.0909. The summed E-state index contributed by atoms with van der Waals surface area (Å²) in [4.78, 5) is 21.3. The second kappa shape index (κ2) is 4.92. The number of ketones is 1. The lowest BCUT2D eigenvalue weighted by atomic mass is 10.1. The van der Waals surface area contributed by atoms with Gasteiger partial charge in [-0.25, -0.2) is 8.42 Å². The molecule has 0 amide bonds. The minimum atomic E-state index is -4.15. The molecule has 0 bridgehead atoms. The first-order valence-corrected chi connectivity index (χ1v) is 6.23. The summed E-state index contributed by atoms with van der Waals surface area (Å²) in [5.41, 5.74) is 0.159. The molecule has 0 aliphatic carbocycles. The number of carbonyl (C=O) groups excluding carboxylic acids is 1. The molecule has 17 heavy (non-hydrogen) atoms. The first kappa shape index (κ1) is 13.1. The number of hydrogen-bond acceptors (Lipinski definition) is 4. The standard InChI is InChI=1S/C11H10O5S/c1-8(17(15,16)7-10(12)13)11(14)9-5-3-2-4-6-9/h2-6H,1,7H2,(H,12,13). The van der Waals surface area contributed by atoms with Crippen LogP contribution in [0.3, 0.4) is 0 Å². The predicted molar refractivity (Wildman–Crippen MR) is 61.3 cm³/mol. The third kappa shape index (κ3) is 3.25. The van der Waals surface area contributed by atoms with E-state index in [1.807, 2.05) is 0 Å². The van der Waals surface area contributed by atoms with Crippen LogP contribution in [0.4, 0.5) is 0 Å². The number of benzene rings is 1. The lowest BCUT2D eigenvalue weighted by Crippen LogP contribution is -2.21. The van der Waals surface area contributed by atoms with Crippen molar-refractivity contribution in [1.82, 2.24) is 0 Å². The minimum absolute atomic E-state index is 0.159. The highest BCUT2D eigenvalue weighted by Crippen LogP contribution is 2.13. The molecule has 0 fully saturated rings. The van der Waals surface area contributed by atoms with E-state index < -0.39 is 32.2 Å². The minimum Gasteiger partial charge on any atom is -0.480 e. The highest BCUT2D eigenvalue weighted by Gasteiger charge is 2.26. The number of aliphatic carboxylic acids is 1. The van der Waals surface area contributed by atoms with Crippen molar-refractivity contribution in [3.63, 3.8) is 0 Å². The normalized spacial score (nSPS) is 10.8. The average molecular weight is 254 g/mol. The molecule has 0 radical (unpaired) electrons. The van der Waals surface area contributed by atoms with E-state index in [1.165, 1.54) is 12.1 Å². The summed E-state index contributed by atoms with van der Waals surface area (Å²) in [6, 6.07) is 7.69. The Morgan fingerprint density at radius 2 is 1.71 bits per heavy atom. The average Bonchev–Trinajstić information content (AvgIpc) is 2.26. The third-order valence-corrected chi connectivity index (χ3v) is 3.54. The molecule has 0 saturated carbocycles. The van der Waals surface area contributed by atoms with Crippen molar-refractivity contribution < 1.29 is 23.1 Å². The zero-order chi connectivity index (χ0) is 13.1. The van der Waals surface area contributed by atoms with Crippen molar-refractivity contribution in [2.75, 3.05) is 5.75 Å². The number of carboxylic acid groups (broad SMARTS) is 1. The molecule has 0 saturated heterocycles. The SMILES string of the molecule is C=C(C(=O)c1ccccc1)S(=O)(=O)CC(=O)O. The molecule has 5 nitrogen and oxygen atoms in total. The van der Waals surface area contributed by atoms with Gasteiger partial charge in [-0.05, 0) is 0 Å². The molecule has 1 aromatic carbocycles. The maximum atomic E-state index is 11.7. The number of carboxylic acids is 1. The van der Waals surface area contributed by atoms with Gasteiger partial charge in [0.25, 0.3) is 0 Å². The first-order chi connectivity index (χ1) is 7.84. The summed E-state index contributed by atoms with van der Waals surface area (Å²) < 4.78 is 22.9. The van der Waals surface area contributed by atoms with Gasteiger partial charge in [0, 0.05) is 5.56 Å². The maximum absolute atomic E-state index is 11.7. The number of hydrogen-bond donors (Lipinski definition) is 1. The molecule has 0 aliphatic heterocycles. The van der Waals surface area contributed by atoms with E-state index in [0.29, 0.717) is 0 Å². The Morgan fingerprint density at radius 3 is 2.18 bits per heavy atom. The van der Waals surface area contributed by atoms with Gasteiger partial charge in [0.15, 0.2) is 15.6 Å². The zero-order valence-electron chi connectivity index (χ0n) is 8.79. The molecule has 6 heteroatoms. The summed E-state index contributed by atoms with van der Waals surface area (Å²) in [5, 5.41) is 8.42. The van der Waals surface area contributed by atoms with Crippen LogP contribution in [0.2, 0.25) is 0 Å². The van der Waals surface area contributed by atoms with Gasteiger partial charge in [-0.3, -0.25) is 9.59 Å². The predicted octanol–water partition coefficient (Wildman–Crippen LogP) is 0.882. The van der Waals surface area contributed by atoms with Gasteiger partial charge in [-0.15, -0.1) is 0 Å². The van der Waals surface area contributed by atoms with E-state index >= 15 is 0 Å². The van der Waals surface area contributed by atoms with Crippen LogP contribution in [-0.4, -0.2) is 31.0 Å². The van der Waals surface area contributed by atoms with Crippen molar-refractivity contribution in [3.8, 4) is 0 Å². The van der Waals surface area contributed by atoms with Crippen LogP contribution in [0.1, 0.15) is 10.4 Å². The van der Waals surface area contributed by atoms with Gasteiger partial charge >= 0.3 is 5.97 Å². The molecule has 0 aromatic heterocycles. The van der Waals surface area contributed by atoms with Crippen molar-refractivity contribution >= 4 is 21.6 Å². The van der Waals surface area contributed by atoms with Crippen LogP contribution in [-0.2, 0) is 14.6 Å². The van der Waals surface area contributed by atoms with E-state index in [2.05, 4.69) is 6.58 Å². The van der Waals surface area contributed by atoms with E-state index in [0.717, 1.165) is 0 Å². The number of rotatable bonds is 5. The molecule has 0 aliphatic rings. The van der Waals surface area contributed by atoms with Crippen molar-refractivity contribution in [1.29, 1.82) is 0 Å². The molecular formula is C11H10O5S. The van der Waals surface area contributed by atoms with Crippen molar-refractivity contribution in [2.24, 2.45) is 0 Å². The Bertz CT molecular complexity index is 557. The molecular weight excluding hydrogens is 244 g/mol. The maximum Gasteiger partial charge on any atom is 0.319 e. The van der Waals surface area contributed by atoms with Crippen molar-refractivity contribution in [2.45, 2.75) is 0 Å². The smallest absolute Gasteiger partial charge is 0.319 e. The van der Waals surface area contributed by atoms with Crippen LogP contribution in [0, 0.1) is 0 Å². The fourth-order valence-electron chi connectivity index (χ4n) is 1.14. The highest BCUT2D eigenvalue weighted by atomic mass is 32.2. The number of allylic oxidation sites excluding steroid dienone is 1. The first-order valence-electron chi connectivity index (χ1n) is 4.58. The lowest BCUT2D eigenvalue weighted by molar-refractivity contribution is -0.134. The highest BCUT2D eigenvalue weighted by molar-refractivity contribution is 7.96. The summed E-state index contributed by atoms with van der Waals surface area (Å²) in [6.45, 7) is 3.15. The number of Topliss-reactive ketones (excluding diaryl/α,β-unsaturated/α-hetero) is 1. The molecule has 90 valence electrons. The Kier molecular flexibility index (Phi) is 3.80. The summed E-state index contributed by atoms with van der Waals surface area (Å²) in [6.07, 6.45) is 0. The van der Waals surface area contributed by atoms with Crippen LogP contribution < -0.4 is 0 Å². The lowest BCUT2D eigenvalue weighted by Gasteiger charge is -2.04. The topological polar surface area (TPSA) is 88.5 Å². The second-order valence-electron chi connectivity index (χ2n) is 3.27. The summed E-state index contributed by atoms with van der Waals surface area (Å²) in [7, 11) is -4.15. The Hall–Kier alpha value is -1.95. The Morgan fingerprint density at radius 1 is 1.18 bits per heavy atom. The third-order valence-electron chi connectivity index (χ3n) is 1.98. The van der Waals surface area contributed by atoms with Crippen LogP contribution >= 0.6 is 0 Å². The largest absolute Gasteiger partial charge is 0.480 e. The fourth-order valence-corrected chi connectivity index (χ4v) is 2.04. The van der Waals surface area contributed by atoms with Gasteiger partial charge in [0.05, 0.1) is 0 Å². The van der Waals surface area contributed by atoms with E-state index in [1.54, 1.807) is 18.2 Å². The molecule has 0 heterocycles. The number of sulfone groups is 1. The Balaban J connectivity index is 3.00. The molecule has 1 N–H and O–H groups in total. The summed E-state index contributed by atoms with van der Waals surface area (Å²) >= 11 is 0. The van der Waals surface area contributed by atoms with Crippen molar-refractivity contribution in [3.05, 3.63) is 47.4 Å². The number of carbonyl (C=O) groups is 2. The van der Waals surface area contributed by atoms with Crippen LogP contribution in [0.15, 0.2) is 41.8 Å². The monoisotopic (exact) mass is 254 g/mol. The van der Waals surface area contributed by atoms with Gasteiger partial charge in [0.1, 0.15) is 4.91 Å². The van der Waals surface area contributed by atoms with E-state index in [9.17, 15) is 18.0 Å². The van der Waals surface area contributed by atoms with Gasteiger partial charge < -0.3 is 5.11 Å². The van der Waals surface area contributed by atoms with Gasteiger partial charge in [-0.1, -0.05) is 36.9 Å². The molecule has 1 rings (SSSR count). The van der Waals surface area contributed by atoms with Gasteiger partial charge in [-0.2, -0.15) is 0 Å². The zero-order valence-corrected chi connectivity index (χ0v) is 9.61. The van der Waals surface area contributed by atoms with E-state index in [4.69, 9.17) is 5.11 Å². The quantitative estimate of drug-likeness (QED) is 0.622. The molecule has 0 unspecified atom stereocenters. The van der Waals surface area contributed by atoms with Crippen LogP contribution in [0.25, 0.3) is 0 Å². The second-order valence-corrected chi connectivity index (χ2v) is 5.28. The van der Waals surface area contributed by atoms with Gasteiger partial charge in [0.2, 0.25) is 5.78 Å². The Labute approximate surface area is 98.3 Å². The van der Waals surface area contributed by atoms with Crippen LogP contribution in [0.5, 0.6) is 0 Å².